The Morgan fingerprint density at radius 2 is 1.82 bits per heavy atom. The van der Waals surface area contributed by atoms with Gasteiger partial charge in [0.15, 0.2) is 0 Å². The molecule has 0 saturated heterocycles. The predicted molar refractivity (Wildman–Crippen MR) is 66.3 cm³/mol. The molecule has 0 unspecified atom stereocenters. The van der Waals surface area contributed by atoms with Crippen molar-refractivity contribution < 1.29 is 17.8 Å². The van der Waals surface area contributed by atoms with Crippen molar-refractivity contribution in [2.75, 3.05) is 25.4 Å². The van der Waals surface area contributed by atoms with Gasteiger partial charge >= 0.3 is 0 Å². The largest absolute Gasteiger partial charge is 0.352 e. The second-order valence-corrected chi connectivity index (χ2v) is 5.35. The lowest BCUT2D eigenvalue weighted by Gasteiger charge is -2.05. The minimum atomic E-state index is -3.85. The summed E-state index contributed by atoms with van der Waals surface area (Å²) in [7, 11) is -3.85. The molecule has 0 aliphatic heterocycles. The Kier molecular flexibility index (Phi) is 7.77. The molecular weight excluding hydrogens is 244 g/mol. The van der Waals surface area contributed by atoms with Crippen LogP contribution in [0.2, 0.25) is 0 Å². The molecule has 0 aromatic heterocycles. The maximum atomic E-state index is 11.1. The summed E-state index contributed by atoms with van der Waals surface area (Å²) in [5.41, 5.74) is 0.478. The summed E-state index contributed by atoms with van der Waals surface area (Å²) in [5, 5.41) is 5.69. The molecule has 0 aromatic rings. The van der Waals surface area contributed by atoms with Gasteiger partial charge in [0.25, 0.3) is 10.1 Å². The molecule has 100 valence electrons. The van der Waals surface area contributed by atoms with Crippen LogP contribution in [0, 0.1) is 0 Å². The normalized spacial score (nSPS) is 11.2. The number of nitrogens with one attached hydrogen (secondary N) is 2. The van der Waals surface area contributed by atoms with E-state index in [4.69, 9.17) is 4.55 Å². The van der Waals surface area contributed by atoms with Crippen LogP contribution in [-0.4, -0.2) is 44.3 Å². The fourth-order valence-electron chi connectivity index (χ4n) is 1.07. The van der Waals surface area contributed by atoms with Crippen LogP contribution in [-0.2, 0) is 14.9 Å². The van der Waals surface area contributed by atoms with Gasteiger partial charge in [-0.15, -0.1) is 0 Å². The quantitative estimate of drug-likeness (QED) is 0.308. The summed E-state index contributed by atoms with van der Waals surface area (Å²) in [6.45, 7) is 6.91. The Hall–Kier alpha value is -0.920. The monoisotopic (exact) mass is 264 g/mol. The standard InChI is InChI=1S/C10H20N2O4S/c1-9(2)10(13)12-7-3-5-11-6-4-8-17(14,15)16/h11H,1,3-8H2,2H3,(H,12,13)(H,14,15,16). The fraction of sp³-hybridized carbons (Fsp3) is 0.700. The number of rotatable bonds is 9. The molecule has 7 heteroatoms. The second-order valence-electron chi connectivity index (χ2n) is 3.78. The van der Waals surface area contributed by atoms with Gasteiger partial charge < -0.3 is 10.6 Å². The number of hydrogen-bond donors (Lipinski definition) is 3. The molecule has 0 radical (unpaired) electrons. The van der Waals surface area contributed by atoms with Crippen molar-refractivity contribution in [1.82, 2.24) is 10.6 Å². The molecule has 0 bridgehead atoms. The Balaban J connectivity index is 3.31. The highest BCUT2D eigenvalue weighted by Gasteiger charge is 2.02. The summed E-state index contributed by atoms with van der Waals surface area (Å²) in [4.78, 5) is 11.1. The van der Waals surface area contributed by atoms with E-state index in [9.17, 15) is 13.2 Å². The van der Waals surface area contributed by atoms with E-state index in [-0.39, 0.29) is 11.7 Å². The molecule has 0 rings (SSSR count). The SMILES string of the molecule is C=C(C)C(=O)NCCCNCCCS(=O)(=O)O. The minimum absolute atomic E-state index is 0.156. The molecule has 0 spiro atoms. The third-order valence-electron chi connectivity index (χ3n) is 1.96. The molecule has 0 aromatic carbocycles. The van der Waals surface area contributed by atoms with Crippen molar-refractivity contribution in [3.8, 4) is 0 Å². The number of carbonyl (C=O) groups is 1. The van der Waals surface area contributed by atoms with Crippen molar-refractivity contribution in [1.29, 1.82) is 0 Å². The smallest absolute Gasteiger partial charge is 0.264 e. The van der Waals surface area contributed by atoms with Crippen molar-refractivity contribution in [2.45, 2.75) is 19.8 Å². The van der Waals surface area contributed by atoms with Crippen molar-refractivity contribution in [3.63, 3.8) is 0 Å². The molecule has 3 N–H and O–H groups in total. The molecule has 0 heterocycles. The van der Waals surface area contributed by atoms with Gasteiger partial charge in [-0.1, -0.05) is 6.58 Å². The van der Waals surface area contributed by atoms with E-state index in [0.29, 0.717) is 31.6 Å². The maximum Gasteiger partial charge on any atom is 0.264 e. The van der Waals surface area contributed by atoms with E-state index in [0.717, 1.165) is 6.42 Å². The number of hydrogen-bond acceptors (Lipinski definition) is 4. The molecule has 0 atom stereocenters. The Bertz CT molecular complexity index is 351. The zero-order chi connectivity index (χ0) is 13.3. The fourth-order valence-corrected chi connectivity index (χ4v) is 1.58. The molecule has 0 aliphatic rings. The Labute approximate surface area is 102 Å². The van der Waals surface area contributed by atoms with Gasteiger partial charge in [0.2, 0.25) is 5.91 Å². The number of amides is 1. The van der Waals surface area contributed by atoms with Gasteiger partial charge in [-0.3, -0.25) is 9.35 Å². The third kappa shape index (κ3) is 11.3. The minimum Gasteiger partial charge on any atom is -0.352 e. The topological polar surface area (TPSA) is 95.5 Å². The van der Waals surface area contributed by atoms with Gasteiger partial charge in [-0.05, 0) is 32.9 Å². The highest BCUT2D eigenvalue weighted by Crippen LogP contribution is 1.87. The van der Waals surface area contributed by atoms with Crippen LogP contribution in [0.5, 0.6) is 0 Å². The summed E-state index contributed by atoms with van der Waals surface area (Å²) in [5.74, 6) is -0.386. The van der Waals surface area contributed by atoms with E-state index in [1.54, 1.807) is 6.92 Å². The summed E-state index contributed by atoms with van der Waals surface area (Å²) >= 11 is 0. The molecule has 0 aliphatic carbocycles. The average molecular weight is 264 g/mol. The summed E-state index contributed by atoms with van der Waals surface area (Å²) < 4.78 is 29.2. The van der Waals surface area contributed by atoms with E-state index in [2.05, 4.69) is 17.2 Å². The first kappa shape index (κ1) is 16.1. The van der Waals surface area contributed by atoms with Crippen LogP contribution in [0.25, 0.3) is 0 Å². The first-order valence-electron chi connectivity index (χ1n) is 5.42. The molecule has 6 nitrogen and oxygen atoms in total. The lowest BCUT2D eigenvalue weighted by atomic mass is 10.3. The Morgan fingerprint density at radius 3 is 2.35 bits per heavy atom. The van der Waals surface area contributed by atoms with Crippen LogP contribution in [0.15, 0.2) is 12.2 Å². The van der Waals surface area contributed by atoms with Crippen LogP contribution < -0.4 is 10.6 Å². The van der Waals surface area contributed by atoms with Gasteiger partial charge in [0, 0.05) is 12.1 Å². The van der Waals surface area contributed by atoms with E-state index in [1.807, 2.05) is 0 Å². The molecule has 0 fully saturated rings. The van der Waals surface area contributed by atoms with Gasteiger partial charge in [0.1, 0.15) is 0 Å². The molecule has 17 heavy (non-hydrogen) atoms. The highest BCUT2D eigenvalue weighted by atomic mass is 32.2. The predicted octanol–water partition coefficient (Wildman–Crippen LogP) is -0.0637. The van der Waals surface area contributed by atoms with E-state index >= 15 is 0 Å². The molecule has 0 saturated carbocycles. The maximum absolute atomic E-state index is 11.1. The van der Waals surface area contributed by atoms with Gasteiger partial charge in [0.05, 0.1) is 5.75 Å². The highest BCUT2D eigenvalue weighted by molar-refractivity contribution is 7.85. The van der Waals surface area contributed by atoms with Crippen molar-refractivity contribution in [3.05, 3.63) is 12.2 Å². The van der Waals surface area contributed by atoms with Crippen LogP contribution in [0.1, 0.15) is 19.8 Å². The first-order chi connectivity index (χ1) is 7.83. The lowest BCUT2D eigenvalue weighted by molar-refractivity contribution is -0.117. The van der Waals surface area contributed by atoms with Gasteiger partial charge in [-0.25, -0.2) is 0 Å². The number of carbonyl (C=O) groups excluding carboxylic acids is 1. The zero-order valence-corrected chi connectivity index (χ0v) is 10.8. The van der Waals surface area contributed by atoms with E-state index in [1.165, 1.54) is 0 Å². The van der Waals surface area contributed by atoms with Crippen LogP contribution >= 0.6 is 0 Å². The van der Waals surface area contributed by atoms with Crippen molar-refractivity contribution in [2.24, 2.45) is 0 Å². The zero-order valence-electron chi connectivity index (χ0n) is 10.0. The second kappa shape index (κ2) is 8.21. The van der Waals surface area contributed by atoms with Gasteiger partial charge in [-0.2, -0.15) is 8.42 Å². The van der Waals surface area contributed by atoms with Crippen LogP contribution in [0.3, 0.4) is 0 Å². The summed E-state index contributed by atoms with van der Waals surface area (Å²) in [6.07, 6.45) is 1.13. The van der Waals surface area contributed by atoms with Crippen molar-refractivity contribution >= 4 is 16.0 Å². The third-order valence-corrected chi connectivity index (χ3v) is 2.76. The van der Waals surface area contributed by atoms with E-state index < -0.39 is 10.1 Å². The summed E-state index contributed by atoms with van der Waals surface area (Å²) in [6, 6.07) is 0. The van der Waals surface area contributed by atoms with Crippen LogP contribution in [0.4, 0.5) is 0 Å². The Morgan fingerprint density at radius 1 is 1.24 bits per heavy atom. The molecule has 1 amide bonds. The average Bonchev–Trinajstić information content (AvgIpc) is 2.19. The molecular formula is C10H20N2O4S. The first-order valence-corrected chi connectivity index (χ1v) is 7.03. The lowest BCUT2D eigenvalue weighted by Crippen LogP contribution is -2.28.